The summed E-state index contributed by atoms with van der Waals surface area (Å²) in [6, 6.07) is 15.3. The van der Waals surface area contributed by atoms with Gasteiger partial charge in [-0.25, -0.2) is 14.5 Å². The summed E-state index contributed by atoms with van der Waals surface area (Å²) in [7, 11) is 0. The zero-order valence-electron chi connectivity index (χ0n) is 20.2. The van der Waals surface area contributed by atoms with Crippen LogP contribution in [0.4, 0.5) is 21.0 Å². The molecule has 2 aromatic carbocycles. The lowest BCUT2D eigenvalue weighted by molar-refractivity contribution is 0.0959. The van der Waals surface area contributed by atoms with Gasteiger partial charge >= 0.3 is 12.1 Å². The number of rotatable bonds is 9. The van der Waals surface area contributed by atoms with E-state index in [1.807, 2.05) is 36.4 Å². The number of unbranched alkanes of at least 4 members (excludes halogenated alkanes) is 2. The van der Waals surface area contributed by atoms with E-state index in [9.17, 15) is 9.59 Å². The van der Waals surface area contributed by atoms with Crippen molar-refractivity contribution in [3.8, 4) is 0 Å². The first-order valence-corrected chi connectivity index (χ1v) is 12.3. The Morgan fingerprint density at radius 2 is 1.67 bits per heavy atom. The highest BCUT2D eigenvalue weighted by Crippen LogP contribution is 2.26. The molecule has 0 radical (unpaired) electrons. The van der Waals surface area contributed by atoms with Crippen LogP contribution < -0.4 is 10.2 Å². The predicted molar refractivity (Wildman–Crippen MR) is 134 cm³/mol. The average Bonchev–Trinajstić information content (AvgIpc) is 2.84. The third-order valence-electron chi connectivity index (χ3n) is 6.32. The zero-order chi connectivity index (χ0) is 23.6. The third-order valence-corrected chi connectivity index (χ3v) is 6.32. The number of carbonyl (C=O) groups is 2. The van der Waals surface area contributed by atoms with Crippen LogP contribution in [0.5, 0.6) is 0 Å². The van der Waals surface area contributed by atoms with Crippen molar-refractivity contribution in [3.05, 3.63) is 59.7 Å². The van der Waals surface area contributed by atoms with E-state index in [0.29, 0.717) is 18.7 Å². The first-order valence-electron chi connectivity index (χ1n) is 12.3. The maximum Gasteiger partial charge on any atom is 0.418 e. The van der Waals surface area contributed by atoms with Gasteiger partial charge in [0.2, 0.25) is 0 Å². The highest BCUT2D eigenvalue weighted by molar-refractivity contribution is 5.99. The van der Waals surface area contributed by atoms with Gasteiger partial charge in [-0.2, -0.15) is 0 Å². The van der Waals surface area contributed by atoms with Crippen molar-refractivity contribution in [2.24, 2.45) is 0 Å². The van der Waals surface area contributed by atoms with Gasteiger partial charge in [-0.3, -0.25) is 0 Å². The largest absolute Gasteiger partial charge is 0.449 e. The third kappa shape index (κ3) is 6.50. The van der Waals surface area contributed by atoms with Crippen molar-refractivity contribution < 1.29 is 14.3 Å². The molecule has 6 nitrogen and oxygen atoms in total. The zero-order valence-corrected chi connectivity index (χ0v) is 20.2. The van der Waals surface area contributed by atoms with E-state index in [0.717, 1.165) is 50.9 Å². The van der Waals surface area contributed by atoms with Crippen LogP contribution in [-0.4, -0.2) is 42.8 Å². The summed E-state index contributed by atoms with van der Waals surface area (Å²) in [5.41, 5.74) is 4.25. The summed E-state index contributed by atoms with van der Waals surface area (Å²) in [5.74, 6) is 0. The van der Waals surface area contributed by atoms with Gasteiger partial charge in [0.25, 0.3) is 0 Å². The van der Waals surface area contributed by atoms with Crippen molar-refractivity contribution in [1.82, 2.24) is 4.90 Å². The van der Waals surface area contributed by atoms with Gasteiger partial charge in [-0.15, -0.1) is 0 Å². The molecule has 6 heteroatoms. The summed E-state index contributed by atoms with van der Waals surface area (Å²) in [6.45, 7) is 8.51. The SMILES string of the molecule is CCCCCOC(=O)N(C(=O)Nc1ccc(N(CC)CC)cc1)C1CCc2ccccc2C1. The Morgan fingerprint density at radius 3 is 2.33 bits per heavy atom. The normalized spacial score (nSPS) is 14.8. The van der Waals surface area contributed by atoms with E-state index in [-0.39, 0.29) is 6.04 Å². The van der Waals surface area contributed by atoms with Gasteiger partial charge in [0.05, 0.1) is 6.61 Å². The fraction of sp³-hybridized carbons (Fsp3) is 0.481. The van der Waals surface area contributed by atoms with E-state index in [2.05, 4.69) is 43.1 Å². The maximum absolute atomic E-state index is 13.3. The van der Waals surface area contributed by atoms with E-state index in [4.69, 9.17) is 4.74 Å². The maximum atomic E-state index is 13.3. The van der Waals surface area contributed by atoms with Gasteiger partial charge in [0, 0.05) is 30.5 Å². The molecule has 1 aliphatic carbocycles. The molecule has 178 valence electrons. The Balaban J connectivity index is 1.74. The Labute approximate surface area is 197 Å². The summed E-state index contributed by atoms with van der Waals surface area (Å²) in [5, 5.41) is 2.92. The number of benzene rings is 2. The lowest BCUT2D eigenvalue weighted by atomic mass is 9.88. The first kappa shape index (κ1) is 24.6. The molecule has 0 heterocycles. The number of amides is 3. The number of nitrogens with one attached hydrogen (secondary N) is 1. The van der Waals surface area contributed by atoms with Crippen LogP contribution in [0.2, 0.25) is 0 Å². The first-order chi connectivity index (χ1) is 16.1. The van der Waals surface area contributed by atoms with Gasteiger partial charge in [-0.1, -0.05) is 44.0 Å². The summed E-state index contributed by atoms with van der Waals surface area (Å²) < 4.78 is 5.51. The molecule has 1 unspecified atom stereocenters. The number of aryl methyl sites for hydroxylation is 1. The highest BCUT2D eigenvalue weighted by Gasteiger charge is 2.33. The van der Waals surface area contributed by atoms with E-state index < -0.39 is 12.1 Å². The van der Waals surface area contributed by atoms with E-state index in [1.54, 1.807) is 0 Å². The number of hydrogen-bond donors (Lipinski definition) is 1. The number of anilines is 2. The molecule has 3 rings (SSSR count). The monoisotopic (exact) mass is 451 g/mol. The second-order valence-corrected chi connectivity index (χ2v) is 8.51. The Kier molecular flexibility index (Phi) is 9.16. The predicted octanol–water partition coefficient (Wildman–Crippen LogP) is 6.25. The Hall–Kier alpha value is -3.02. The van der Waals surface area contributed by atoms with Crippen LogP contribution in [-0.2, 0) is 17.6 Å². The number of ether oxygens (including phenoxy) is 1. The fourth-order valence-electron chi connectivity index (χ4n) is 4.41. The summed E-state index contributed by atoms with van der Waals surface area (Å²) >= 11 is 0. The molecule has 0 aliphatic heterocycles. The molecule has 2 aromatic rings. The standard InChI is InChI=1S/C27H37N3O3/c1-4-7-10-19-33-27(32)30(25-16-13-21-11-8-9-12-22(21)20-25)26(31)28-23-14-17-24(18-15-23)29(5-2)6-3/h8-9,11-12,14-15,17-18,25H,4-7,10,13,16,19-20H2,1-3H3,(H,28,31). The lowest BCUT2D eigenvalue weighted by Gasteiger charge is -2.33. The molecule has 0 bridgehead atoms. The van der Waals surface area contributed by atoms with E-state index in [1.165, 1.54) is 16.0 Å². The molecule has 0 spiro atoms. The quantitative estimate of drug-likeness (QED) is 0.458. The molecule has 1 atom stereocenters. The minimum atomic E-state index is -0.562. The van der Waals surface area contributed by atoms with Crippen LogP contribution in [0.15, 0.2) is 48.5 Å². The summed E-state index contributed by atoms with van der Waals surface area (Å²) in [4.78, 5) is 29.8. The topological polar surface area (TPSA) is 61.9 Å². The van der Waals surface area contributed by atoms with Crippen LogP contribution in [0.1, 0.15) is 57.6 Å². The molecular formula is C27H37N3O3. The van der Waals surface area contributed by atoms with Gasteiger partial charge in [0.15, 0.2) is 0 Å². The molecular weight excluding hydrogens is 414 g/mol. The minimum Gasteiger partial charge on any atom is -0.449 e. The van der Waals surface area contributed by atoms with Crippen LogP contribution in [0, 0.1) is 0 Å². The van der Waals surface area contributed by atoms with Crippen molar-refractivity contribution in [2.75, 3.05) is 29.9 Å². The molecule has 33 heavy (non-hydrogen) atoms. The van der Waals surface area contributed by atoms with Crippen molar-refractivity contribution >= 4 is 23.5 Å². The second kappa shape index (κ2) is 12.3. The minimum absolute atomic E-state index is 0.228. The van der Waals surface area contributed by atoms with Crippen LogP contribution >= 0.6 is 0 Å². The fourth-order valence-corrected chi connectivity index (χ4v) is 4.41. The molecule has 1 aliphatic rings. The number of imide groups is 1. The number of hydrogen-bond acceptors (Lipinski definition) is 4. The average molecular weight is 452 g/mol. The van der Waals surface area contributed by atoms with Gasteiger partial charge in [-0.05, 0) is 74.9 Å². The number of carbonyl (C=O) groups excluding carboxylic acids is 2. The lowest BCUT2D eigenvalue weighted by Crippen LogP contribution is -2.49. The Bertz CT molecular complexity index is 909. The molecule has 3 amide bonds. The van der Waals surface area contributed by atoms with Crippen molar-refractivity contribution in [2.45, 2.75) is 65.3 Å². The Morgan fingerprint density at radius 1 is 0.970 bits per heavy atom. The number of nitrogens with zero attached hydrogens (tertiary/aromatic N) is 2. The highest BCUT2D eigenvalue weighted by atomic mass is 16.6. The van der Waals surface area contributed by atoms with Gasteiger partial charge < -0.3 is 15.0 Å². The molecule has 0 saturated heterocycles. The number of urea groups is 1. The van der Waals surface area contributed by atoms with E-state index >= 15 is 0 Å². The van der Waals surface area contributed by atoms with Crippen molar-refractivity contribution in [3.63, 3.8) is 0 Å². The van der Waals surface area contributed by atoms with Crippen molar-refractivity contribution in [1.29, 1.82) is 0 Å². The molecule has 1 N–H and O–H groups in total. The van der Waals surface area contributed by atoms with Crippen LogP contribution in [0.3, 0.4) is 0 Å². The van der Waals surface area contributed by atoms with Gasteiger partial charge in [0.1, 0.15) is 0 Å². The summed E-state index contributed by atoms with van der Waals surface area (Å²) in [6.07, 6.45) is 4.50. The molecule has 0 aromatic heterocycles. The molecule has 0 saturated carbocycles. The molecule has 0 fully saturated rings. The smallest absolute Gasteiger partial charge is 0.418 e. The van der Waals surface area contributed by atoms with Crippen LogP contribution in [0.25, 0.3) is 0 Å². The number of fused-ring (bicyclic) bond motifs is 1. The second-order valence-electron chi connectivity index (χ2n) is 8.51.